The lowest BCUT2D eigenvalue weighted by Gasteiger charge is -2.18. The molecular weight excluding hydrogens is 330 g/mol. The summed E-state index contributed by atoms with van der Waals surface area (Å²) in [5.74, 6) is -0.119. The molecule has 0 spiro atoms. The van der Waals surface area contributed by atoms with Gasteiger partial charge in [-0.1, -0.05) is 46.0 Å². The molecule has 2 N–H and O–H groups in total. The highest BCUT2D eigenvalue weighted by atomic mass is 35.5. The first-order valence-electron chi connectivity index (χ1n) is 8.09. The highest BCUT2D eigenvalue weighted by Gasteiger charge is 2.20. The predicted molar refractivity (Wildman–Crippen MR) is 98.0 cm³/mol. The second kappa shape index (κ2) is 8.64. The molecular formula is C16H28ClN3O2Si. The molecule has 1 aromatic rings. The van der Waals surface area contributed by atoms with Crippen LogP contribution in [0.4, 0.5) is 5.82 Å². The van der Waals surface area contributed by atoms with E-state index in [4.69, 9.17) is 11.6 Å². The lowest BCUT2D eigenvalue weighted by molar-refractivity contribution is -0.138. The minimum Gasteiger partial charge on any atom is -0.480 e. The van der Waals surface area contributed by atoms with Gasteiger partial charge in [-0.3, -0.25) is 0 Å². The molecule has 0 fully saturated rings. The number of aliphatic carboxylic acids is 1. The van der Waals surface area contributed by atoms with Gasteiger partial charge in [0.15, 0.2) is 0 Å². The second-order valence-electron chi connectivity index (χ2n) is 7.59. The highest BCUT2D eigenvalue weighted by molar-refractivity contribution is 6.76. The minimum absolute atomic E-state index is 0.159. The average Bonchev–Trinajstić information content (AvgIpc) is 2.35. The fourth-order valence-electron chi connectivity index (χ4n) is 2.34. The van der Waals surface area contributed by atoms with Crippen LogP contribution in [0.2, 0.25) is 31.0 Å². The number of hydrogen-bond donors (Lipinski definition) is 2. The van der Waals surface area contributed by atoms with E-state index in [1.807, 2.05) is 19.9 Å². The van der Waals surface area contributed by atoms with Gasteiger partial charge in [0.05, 0.1) is 0 Å². The third-order valence-corrected chi connectivity index (χ3v) is 5.46. The van der Waals surface area contributed by atoms with Crippen LogP contribution in [0.3, 0.4) is 0 Å². The first-order valence-corrected chi connectivity index (χ1v) is 12.2. The molecule has 1 aromatic heterocycles. The van der Waals surface area contributed by atoms with Crippen LogP contribution in [0.5, 0.6) is 0 Å². The molecule has 7 heteroatoms. The third kappa shape index (κ3) is 8.32. The first-order chi connectivity index (χ1) is 10.6. The Morgan fingerprint density at radius 1 is 1.35 bits per heavy atom. The molecule has 0 aliphatic rings. The van der Waals surface area contributed by atoms with Gasteiger partial charge in [-0.05, 0) is 30.4 Å². The number of carboxylic acid groups (broad SMARTS) is 1. The lowest BCUT2D eigenvalue weighted by Crippen LogP contribution is -2.31. The maximum absolute atomic E-state index is 11.4. The van der Waals surface area contributed by atoms with Gasteiger partial charge < -0.3 is 10.4 Å². The Labute approximate surface area is 144 Å². The average molecular weight is 358 g/mol. The molecule has 0 radical (unpaired) electrons. The maximum Gasteiger partial charge on any atom is 0.326 e. The molecule has 0 aromatic carbocycles. The fraction of sp³-hybridized carbons (Fsp3) is 0.688. The summed E-state index contributed by atoms with van der Waals surface area (Å²) in [4.78, 5) is 19.7. The van der Waals surface area contributed by atoms with Gasteiger partial charge in [0.25, 0.3) is 0 Å². The maximum atomic E-state index is 11.4. The molecule has 0 bridgehead atoms. The van der Waals surface area contributed by atoms with Crippen molar-refractivity contribution >= 4 is 31.5 Å². The van der Waals surface area contributed by atoms with E-state index in [-0.39, 0.29) is 11.2 Å². The van der Waals surface area contributed by atoms with E-state index in [0.29, 0.717) is 12.2 Å². The van der Waals surface area contributed by atoms with Gasteiger partial charge in [0.2, 0.25) is 5.28 Å². The number of nitrogens with one attached hydrogen (secondary N) is 1. The van der Waals surface area contributed by atoms with E-state index in [1.54, 1.807) is 0 Å². The van der Waals surface area contributed by atoms with Crippen LogP contribution in [0, 0.1) is 5.92 Å². The fourth-order valence-corrected chi connectivity index (χ4v) is 3.78. The number of halogens is 1. The largest absolute Gasteiger partial charge is 0.480 e. The number of hydrogen-bond acceptors (Lipinski definition) is 4. The van der Waals surface area contributed by atoms with Gasteiger partial charge in [0.1, 0.15) is 11.9 Å². The number of nitrogens with zero attached hydrogens (tertiary/aromatic N) is 2. The first kappa shape index (κ1) is 19.9. The number of anilines is 1. The van der Waals surface area contributed by atoms with E-state index in [9.17, 15) is 9.90 Å². The Bertz CT molecular complexity index is 533. The Morgan fingerprint density at radius 3 is 2.52 bits per heavy atom. The summed E-state index contributed by atoms with van der Waals surface area (Å²) in [6.07, 6.45) is 2.43. The number of rotatable bonds is 9. The molecule has 0 amide bonds. The highest BCUT2D eigenvalue weighted by Crippen LogP contribution is 2.18. The van der Waals surface area contributed by atoms with Gasteiger partial charge >= 0.3 is 5.97 Å². The Kier molecular flexibility index (Phi) is 7.47. The topological polar surface area (TPSA) is 75.1 Å². The number of carboxylic acids is 1. The van der Waals surface area contributed by atoms with Crippen molar-refractivity contribution in [2.24, 2.45) is 5.92 Å². The molecule has 0 aliphatic carbocycles. The summed E-state index contributed by atoms with van der Waals surface area (Å²) >= 11 is 5.99. The summed E-state index contributed by atoms with van der Waals surface area (Å²) < 4.78 is 0. The zero-order chi connectivity index (χ0) is 17.6. The normalized spacial score (nSPS) is 13.2. The summed E-state index contributed by atoms with van der Waals surface area (Å²) in [6, 6.07) is 2.37. The van der Waals surface area contributed by atoms with Crippen molar-refractivity contribution in [3.05, 3.63) is 17.0 Å². The van der Waals surface area contributed by atoms with Crippen LogP contribution in [0.25, 0.3) is 0 Å². The van der Waals surface area contributed by atoms with E-state index >= 15 is 0 Å². The van der Waals surface area contributed by atoms with Crippen LogP contribution in [-0.2, 0) is 11.2 Å². The van der Waals surface area contributed by atoms with Gasteiger partial charge in [-0.25, -0.2) is 14.8 Å². The molecule has 0 aliphatic heterocycles. The van der Waals surface area contributed by atoms with Crippen molar-refractivity contribution in [3.8, 4) is 0 Å². The van der Waals surface area contributed by atoms with Crippen LogP contribution in [-0.4, -0.2) is 35.2 Å². The van der Waals surface area contributed by atoms with E-state index in [0.717, 1.165) is 18.5 Å². The summed E-state index contributed by atoms with van der Waals surface area (Å²) in [5.41, 5.74) is 0.861. The molecule has 23 heavy (non-hydrogen) atoms. The lowest BCUT2D eigenvalue weighted by atomic mass is 10.0. The van der Waals surface area contributed by atoms with Gasteiger partial charge in [-0.2, -0.15) is 0 Å². The third-order valence-electron chi connectivity index (χ3n) is 3.44. The van der Waals surface area contributed by atoms with Crippen LogP contribution >= 0.6 is 11.6 Å². The Hall–Kier alpha value is -1.14. The van der Waals surface area contributed by atoms with Crippen molar-refractivity contribution in [1.82, 2.24) is 9.97 Å². The second-order valence-corrected chi connectivity index (χ2v) is 13.6. The zero-order valence-electron chi connectivity index (χ0n) is 14.7. The smallest absolute Gasteiger partial charge is 0.326 e. The molecule has 1 unspecified atom stereocenters. The molecule has 130 valence electrons. The molecule has 0 saturated carbocycles. The number of carbonyl (C=O) groups is 1. The van der Waals surface area contributed by atoms with Crippen molar-refractivity contribution in [3.63, 3.8) is 0 Å². The van der Waals surface area contributed by atoms with Gasteiger partial charge in [-0.15, -0.1) is 0 Å². The van der Waals surface area contributed by atoms with Crippen molar-refractivity contribution in [1.29, 1.82) is 0 Å². The molecule has 1 heterocycles. The summed E-state index contributed by atoms with van der Waals surface area (Å²) in [5, 5.41) is 12.4. The van der Waals surface area contributed by atoms with Crippen LogP contribution < -0.4 is 5.32 Å². The van der Waals surface area contributed by atoms with Gasteiger partial charge in [0, 0.05) is 19.8 Å². The molecule has 1 atom stereocenters. The summed E-state index contributed by atoms with van der Waals surface area (Å²) in [7, 11) is -1.07. The van der Waals surface area contributed by atoms with E-state index < -0.39 is 20.1 Å². The SMILES string of the molecule is CC(C)CC(Nc1cc(CCC[Si](C)(C)C)nc(Cl)n1)C(=O)O. The zero-order valence-corrected chi connectivity index (χ0v) is 16.4. The number of aromatic nitrogens is 2. The van der Waals surface area contributed by atoms with Crippen LogP contribution in [0.15, 0.2) is 6.07 Å². The number of aryl methyl sites for hydroxylation is 1. The molecule has 5 nitrogen and oxygen atoms in total. The predicted octanol–water partition coefficient (Wildman–Crippen LogP) is 4.31. The molecule has 0 saturated heterocycles. The standard InChI is InChI=1S/C16H28ClN3O2Si/c1-11(2)9-13(15(21)22)19-14-10-12(18-16(17)20-14)7-6-8-23(3,4)5/h10-11,13H,6-9H2,1-5H3,(H,21,22)(H,18,19,20). The molecule has 1 rings (SSSR count). The Balaban J connectivity index is 2.77. The van der Waals surface area contributed by atoms with Crippen LogP contribution in [0.1, 0.15) is 32.4 Å². The minimum atomic E-state index is -1.07. The summed E-state index contributed by atoms with van der Waals surface area (Å²) in [6.45, 7) is 11.0. The monoisotopic (exact) mass is 357 g/mol. The quantitative estimate of drug-likeness (QED) is 0.508. The van der Waals surface area contributed by atoms with Crippen molar-refractivity contribution < 1.29 is 9.90 Å². The Morgan fingerprint density at radius 2 is 2.00 bits per heavy atom. The van der Waals surface area contributed by atoms with Crippen molar-refractivity contribution in [2.75, 3.05) is 5.32 Å². The van der Waals surface area contributed by atoms with E-state index in [2.05, 4.69) is 34.9 Å². The van der Waals surface area contributed by atoms with E-state index in [1.165, 1.54) is 6.04 Å². The van der Waals surface area contributed by atoms with Crippen molar-refractivity contribution in [2.45, 2.75) is 64.8 Å².